The zero-order valence-electron chi connectivity index (χ0n) is 15.4. The summed E-state index contributed by atoms with van der Waals surface area (Å²) >= 11 is 0. The number of carbonyl (C=O) groups excluding carboxylic acids is 1. The van der Waals surface area contributed by atoms with Crippen molar-refractivity contribution in [1.82, 2.24) is 4.90 Å². The number of hydrogen-bond acceptors (Lipinski definition) is 6. The van der Waals surface area contributed by atoms with Crippen molar-refractivity contribution in [2.75, 3.05) is 25.2 Å². The summed E-state index contributed by atoms with van der Waals surface area (Å²) < 4.78 is 40.0. The van der Waals surface area contributed by atoms with Gasteiger partial charge in [-0.3, -0.25) is 4.79 Å². The molecule has 1 aliphatic rings. The normalized spacial score (nSPS) is 18.2. The molecule has 1 atom stereocenters. The molecule has 2 heterocycles. The Kier molecular flexibility index (Phi) is 5.74. The molecule has 8 heteroatoms. The molecule has 7 nitrogen and oxygen atoms in total. The minimum atomic E-state index is -3.12. The zero-order chi connectivity index (χ0) is 19.4. The molecule has 146 valence electrons. The van der Waals surface area contributed by atoms with Crippen molar-refractivity contribution in [2.24, 2.45) is 0 Å². The lowest BCUT2D eigenvalue weighted by molar-refractivity contribution is -0.136. The molecule has 0 unspecified atom stereocenters. The quantitative estimate of drug-likeness (QED) is 0.717. The van der Waals surface area contributed by atoms with E-state index < -0.39 is 9.84 Å². The topological polar surface area (TPSA) is 86.1 Å². The fourth-order valence-electron chi connectivity index (χ4n) is 3.08. The molecule has 3 rings (SSSR count). The molecular formula is C19H23NO6S. The number of aryl methyl sites for hydroxylation is 1. The van der Waals surface area contributed by atoms with E-state index >= 15 is 0 Å². The van der Waals surface area contributed by atoms with Gasteiger partial charge in [0.1, 0.15) is 23.0 Å². The van der Waals surface area contributed by atoms with Crippen molar-refractivity contribution in [3.05, 3.63) is 47.9 Å². The summed E-state index contributed by atoms with van der Waals surface area (Å²) in [4.78, 5) is 14.3. The van der Waals surface area contributed by atoms with Crippen LogP contribution < -0.4 is 9.47 Å². The van der Waals surface area contributed by atoms with Crippen LogP contribution in [0, 0.1) is 6.92 Å². The van der Waals surface area contributed by atoms with E-state index in [1.165, 1.54) is 0 Å². The van der Waals surface area contributed by atoms with Crippen LogP contribution >= 0.6 is 0 Å². The molecule has 1 fully saturated rings. The molecule has 27 heavy (non-hydrogen) atoms. The van der Waals surface area contributed by atoms with Crippen LogP contribution in [0.15, 0.2) is 40.8 Å². The summed E-state index contributed by atoms with van der Waals surface area (Å²) in [6, 6.07) is 10.2. The van der Waals surface area contributed by atoms with Gasteiger partial charge < -0.3 is 18.8 Å². The van der Waals surface area contributed by atoms with E-state index in [9.17, 15) is 13.2 Å². The molecule has 1 aromatic carbocycles. The predicted octanol–water partition coefficient (Wildman–Crippen LogP) is 2.19. The fraction of sp³-hybridized carbons (Fsp3) is 0.421. The first-order valence-electron chi connectivity index (χ1n) is 8.68. The second kappa shape index (κ2) is 8.04. The number of benzene rings is 1. The van der Waals surface area contributed by atoms with Crippen LogP contribution in [0.25, 0.3) is 0 Å². The lowest BCUT2D eigenvalue weighted by Gasteiger charge is -2.27. The Morgan fingerprint density at radius 2 is 1.89 bits per heavy atom. The van der Waals surface area contributed by atoms with Gasteiger partial charge in [-0.15, -0.1) is 0 Å². The van der Waals surface area contributed by atoms with E-state index in [4.69, 9.17) is 13.9 Å². The van der Waals surface area contributed by atoms with Gasteiger partial charge >= 0.3 is 0 Å². The second-order valence-electron chi connectivity index (χ2n) is 6.56. The summed E-state index contributed by atoms with van der Waals surface area (Å²) in [7, 11) is -1.54. The van der Waals surface area contributed by atoms with Gasteiger partial charge in [-0.25, -0.2) is 8.42 Å². The van der Waals surface area contributed by atoms with Crippen molar-refractivity contribution in [2.45, 2.75) is 25.9 Å². The summed E-state index contributed by atoms with van der Waals surface area (Å²) in [5, 5.41) is 0. The van der Waals surface area contributed by atoms with E-state index in [-0.39, 0.29) is 36.6 Å². The maximum Gasteiger partial charge on any atom is 0.261 e. The minimum Gasteiger partial charge on any atom is -0.497 e. The number of sulfone groups is 1. The van der Waals surface area contributed by atoms with Crippen LogP contribution in [0.5, 0.6) is 11.5 Å². The molecule has 0 aliphatic carbocycles. The lowest BCUT2D eigenvalue weighted by Crippen LogP contribution is -2.43. The molecule has 0 bridgehead atoms. The molecule has 1 aliphatic heterocycles. The van der Waals surface area contributed by atoms with Crippen molar-refractivity contribution < 1.29 is 27.1 Å². The molecule has 1 saturated heterocycles. The molecule has 0 saturated carbocycles. The van der Waals surface area contributed by atoms with Crippen LogP contribution in [0.3, 0.4) is 0 Å². The van der Waals surface area contributed by atoms with E-state index in [1.807, 2.05) is 13.0 Å². The minimum absolute atomic E-state index is 0.0268. The Morgan fingerprint density at radius 3 is 2.44 bits per heavy atom. The van der Waals surface area contributed by atoms with Crippen molar-refractivity contribution >= 4 is 15.7 Å². The highest BCUT2D eigenvalue weighted by Gasteiger charge is 2.35. The monoisotopic (exact) mass is 393 g/mol. The second-order valence-corrected chi connectivity index (χ2v) is 8.78. The summed E-state index contributed by atoms with van der Waals surface area (Å²) in [5.41, 5.74) is 0. The Labute approximate surface area is 158 Å². The third-order valence-corrected chi connectivity index (χ3v) is 6.26. The van der Waals surface area contributed by atoms with Gasteiger partial charge in [-0.05, 0) is 49.7 Å². The first-order valence-corrected chi connectivity index (χ1v) is 10.5. The van der Waals surface area contributed by atoms with E-state index in [0.717, 1.165) is 5.76 Å². The number of nitrogens with zero attached hydrogens (tertiary/aromatic N) is 1. The van der Waals surface area contributed by atoms with Crippen LogP contribution in [-0.4, -0.2) is 50.5 Å². The fourth-order valence-corrected chi connectivity index (χ4v) is 4.81. The maximum atomic E-state index is 12.8. The summed E-state index contributed by atoms with van der Waals surface area (Å²) in [5.74, 6) is 2.39. The molecule has 0 spiro atoms. The Balaban J connectivity index is 1.69. The molecule has 0 radical (unpaired) electrons. The highest BCUT2D eigenvalue weighted by Crippen LogP contribution is 2.22. The van der Waals surface area contributed by atoms with E-state index in [2.05, 4.69) is 0 Å². The van der Waals surface area contributed by atoms with Crippen LogP contribution in [-0.2, 0) is 21.2 Å². The summed E-state index contributed by atoms with van der Waals surface area (Å²) in [6.07, 6.45) is 0.427. The van der Waals surface area contributed by atoms with Gasteiger partial charge in [-0.1, -0.05) is 0 Å². The third kappa shape index (κ3) is 5.03. The number of hydrogen-bond donors (Lipinski definition) is 0. The molecule has 0 N–H and O–H groups in total. The largest absolute Gasteiger partial charge is 0.497 e. The van der Waals surface area contributed by atoms with Crippen molar-refractivity contribution in [3.63, 3.8) is 0 Å². The molecule has 2 aromatic rings. The van der Waals surface area contributed by atoms with Gasteiger partial charge in [0, 0.05) is 6.04 Å². The smallest absolute Gasteiger partial charge is 0.261 e. The van der Waals surface area contributed by atoms with E-state index in [1.54, 1.807) is 42.3 Å². The van der Waals surface area contributed by atoms with Gasteiger partial charge in [0.05, 0.1) is 25.2 Å². The molecular weight excluding hydrogens is 370 g/mol. The number of amides is 1. The van der Waals surface area contributed by atoms with E-state index in [0.29, 0.717) is 23.7 Å². The average molecular weight is 393 g/mol. The number of rotatable bonds is 7. The van der Waals surface area contributed by atoms with Crippen LogP contribution in [0.4, 0.5) is 0 Å². The average Bonchev–Trinajstić information content (AvgIpc) is 3.22. The first-order chi connectivity index (χ1) is 12.9. The SMILES string of the molecule is COc1ccc(OCC(=O)N(Cc2ccc(C)o2)[C@H]2CCS(=O)(=O)C2)cc1. The van der Waals surface area contributed by atoms with Gasteiger partial charge in [0.2, 0.25) is 0 Å². The van der Waals surface area contributed by atoms with Gasteiger partial charge in [-0.2, -0.15) is 0 Å². The molecule has 1 aromatic heterocycles. The predicted molar refractivity (Wildman–Crippen MR) is 99.5 cm³/mol. The number of methoxy groups -OCH3 is 1. The maximum absolute atomic E-state index is 12.8. The zero-order valence-corrected chi connectivity index (χ0v) is 16.2. The Bertz CT molecular complexity index is 887. The highest BCUT2D eigenvalue weighted by molar-refractivity contribution is 7.91. The highest BCUT2D eigenvalue weighted by atomic mass is 32.2. The summed E-state index contributed by atoms with van der Waals surface area (Å²) in [6.45, 7) is 1.86. The number of furan rings is 1. The van der Waals surface area contributed by atoms with Gasteiger partial charge in [0.15, 0.2) is 16.4 Å². The lowest BCUT2D eigenvalue weighted by atomic mass is 10.2. The Hall–Kier alpha value is -2.48. The van der Waals surface area contributed by atoms with Crippen molar-refractivity contribution in [3.8, 4) is 11.5 Å². The third-order valence-electron chi connectivity index (χ3n) is 4.51. The standard InChI is InChI=1S/C19H23NO6S/c1-14-3-4-18(26-14)11-20(15-9-10-27(22,23)13-15)19(21)12-25-17-7-5-16(24-2)6-8-17/h3-8,15H,9-13H2,1-2H3/t15-/m0/s1. The van der Waals surface area contributed by atoms with Crippen LogP contribution in [0.1, 0.15) is 17.9 Å². The number of ether oxygens (including phenoxy) is 2. The molecule has 1 amide bonds. The number of carbonyl (C=O) groups is 1. The Morgan fingerprint density at radius 1 is 1.19 bits per heavy atom. The van der Waals surface area contributed by atoms with Crippen LogP contribution in [0.2, 0.25) is 0 Å². The van der Waals surface area contributed by atoms with Gasteiger partial charge in [0.25, 0.3) is 5.91 Å². The van der Waals surface area contributed by atoms with Crippen molar-refractivity contribution in [1.29, 1.82) is 0 Å². The first kappa shape index (κ1) is 19.3.